The highest BCUT2D eigenvalue weighted by molar-refractivity contribution is 5.95. The highest BCUT2D eigenvalue weighted by Crippen LogP contribution is 2.38. The molecule has 1 heterocycles. The van der Waals surface area contributed by atoms with Crippen LogP contribution in [0, 0.1) is 5.92 Å². The van der Waals surface area contributed by atoms with Crippen molar-refractivity contribution < 1.29 is 4.79 Å². The Bertz CT molecular complexity index is 440. The summed E-state index contributed by atoms with van der Waals surface area (Å²) in [5, 5.41) is 0. The zero-order valence-electron chi connectivity index (χ0n) is 10.4. The first-order valence-corrected chi connectivity index (χ1v) is 6.57. The molecule has 2 nitrogen and oxygen atoms in total. The fraction of sp³-hybridized carbons (Fsp3) is 0.533. The average molecular weight is 229 g/mol. The molecule has 0 spiro atoms. The molecule has 17 heavy (non-hydrogen) atoms. The zero-order valence-corrected chi connectivity index (χ0v) is 10.4. The van der Waals surface area contributed by atoms with Gasteiger partial charge < -0.3 is 0 Å². The van der Waals surface area contributed by atoms with Crippen molar-refractivity contribution in [2.75, 3.05) is 6.54 Å². The second-order valence-corrected chi connectivity index (χ2v) is 5.48. The van der Waals surface area contributed by atoms with E-state index in [9.17, 15) is 4.79 Å². The van der Waals surface area contributed by atoms with Crippen LogP contribution in [0.1, 0.15) is 42.1 Å². The fourth-order valence-electron chi connectivity index (χ4n) is 3.44. The molecule has 90 valence electrons. The smallest absolute Gasteiger partial charge is 0.160 e. The van der Waals surface area contributed by atoms with Gasteiger partial charge in [-0.2, -0.15) is 0 Å². The second-order valence-electron chi connectivity index (χ2n) is 5.48. The quantitative estimate of drug-likeness (QED) is 0.743. The third kappa shape index (κ3) is 2.02. The summed E-state index contributed by atoms with van der Waals surface area (Å²) < 4.78 is 0. The molecule has 2 heteroatoms. The molecule has 2 fully saturated rings. The first kappa shape index (κ1) is 11.0. The van der Waals surface area contributed by atoms with Gasteiger partial charge in [0.1, 0.15) is 0 Å². The number of ketones is 1. The van der Waals surface area contributed by atoms with Crippen molar-refractivity contribution >= 4 is 5.78 Å². The Labute approximate surface area is 103 Å². The van der Waals surface area contributed by atoms with Crippen LogP contribution in [-0.2, 0) is 6.54 Å². The van der Waals surface area contributed by atoms with Gasteiger partial charge in [-0.1, -0.05) is 24.3 Å². The first-order valence-electron chi connectivity index (χ1n) is 6.57. The van der Waals surface area contributed by atoms with E-state index in [-0.39, 0.29) is 5.78 Å². The van der Waals surface area contributed by atoms with Crippen LogP contribution in [0.25, 0.3) is 0 Å². The number of carbonyl (C=O) groups excluding carboxylic acids is 1. The third-order valence-electron chi connectivity index (χ3n) is 4.29. The lowest BCUT2D eigenvalue weighted by Crippen LogP contribution is -2.31. The number of nitrogens with zero attached hydrogens (tertiary/aromatic N) is 1. The Morgan fingerprint density at radius 1 is 1.35 bits per heavy atom. The lowest BCUT2D eigenvalue weighted by atomic mass is 10.0. The summed E-state index contributed by atoms with van der Waals surface area (Å²) in [6.45, 7) is 3.85. The number of fused-ring (bicyclic) bond motifs is 2. The van der Waals surface area contributed by atoms with Crippen molar-refractivity contribution in [3.8, 4) is 0 Å². The maximum Gasteiger partial charge on any atom is 0.160 e. The van der Waals surface area contributed by atoms with E-state index >= 15 is 0 Å². The van der Waals surface area contributed by atoms with Crippen LogP contribution >= 0.6 is 0 Å². The summed E-state index contributed by atoms with van der Waals surface area (Å²) in [7, 11) is 0. The summed E-state index contributed by atoms with van der Waals surface area (Å²) in [4.78, 5) is 14.1. The highest BCUT2D eigenvalue weighted by Gasteiger charge is 2.37. The summed E-state index contributed by atoms with van der Waals surface area (Å²) in [6, 6.07) is 8.82. The van der Waals surface area contributed by atoms with Crippen LogP contribution in [0.2, 0.25) is 0 Å². The summed E-state index contributed by atoms with van der Waals surface area (Å²) >= 11 is 0. The number of Topliss-reactive ketones (excluding diaryl/α,β-unsaturated/α-hetero) is 1. The van der Waals surface area contributed by atoms with E-state index in [0.29, 0.717) is 0 Å². The minimum Gasteiger partial charge on any atom is -0.296 e. The molecular formula is C15H19NO. The van der Waals surface area contributed by atoms with E-state index in [1.807, 2.05) is 18.2 Å². The molecule has 0 radical (unpaired) electrons. The second kappa shape index (κ2) is 4.26. The minimum absolute atomic E-state index is 0.185. The van der Waals surface area contributed by atoms with Gasteiger partial charge in [0.15, 0.2) is 5.78 Å². The van der Waals surface area contributed by atoms with Gasteiger partial charge in [-0.25, -0.2) is 0 Å². The van der Waals surface area contributed by atoms with E-state index in [1.165, 1.54) is 31.4 Å². The number of benzene rings is 1. The summed E-state index contributed by atoms with van der Waals surface area (Å²) in [6.07, 6.45) is 4.14. The van der Waals surface area contributed by atoms with Gasteiger partial charge in [0, 0.05) is 24.7 Å². The maximum absolute atomic E-state index is 11.6. The van der Waals surface area contributed by atoms with Gasteiger partial charge >= 0.3 is 0 Å². The largest absolute Gasteiger partial charge is 0.296 e. The van der Waals surface area contributed by atoms with Gasteiger partial charge in [-0.15, -0.1) is 0 Å². The van der Waals surface area contributed by atoms with Gasteiger partial charge in [0.05, 0.1) is 0 Å². The standard InChI is InChI=1S/C15H19NO/c1-11(17)15-5-3-2-4-13(15)10-16-9-12-6-7-14(16)8-12/h2-5,12,14H,6-10H2,1H3. The number of hydrogen-bond acceptors (Lipinski definition) is 2. The first-order chi connectivity index (χ1) is 8.24. The lowest BCUT2D eigenvalue weighted by Gasteiger charge is -2.27. The number of hydrogen-bond donors (Lipinski definition) is 0. The van der Waals surface area contributed by atoms with Crippen molar-refractivity contribution in [2.24, 2.45) is 5.92 Å². The Hall–Kier alpha value is -1.15. The SMILES string of the molecule is CC(=O)c1ccccc1CN1CC2CCC1C2. The number of likely N-dealkylation sites (tertiary alicyclic amines) is 1. The van der Waals surface area contributed by atoms with Crippen LogP contribution in [0.5, 0.6) is 0 Å². The average Bonchev–Trinajstić information content (AvgIpc) is 2.91. The maximum atomic E-state index is 11.6. The topological polar surface area (TPSA) is 20.3 Å². The molecule has 1 aliphatic heterocycles. The molecule has 2 atom stereocenters. The molecule has 1 aromatic carbocycles. The molecule has 2 bridgehead atoms. The van der Waals surface area contributed by atoms with Crippen LogP contribution in [0.4, 0.5) is 0 Å². The Morgan fingerprint density at radius 2 is 2.18 bits per heavy atom. The van der Waals surface area contributed by atoms with Crippen LogP contribution in [-0.4, -0.2) is 23.3 Å². The lowest BCUT2D eigenvalue weighted by molar-refractivity contribution is 0.101. The van der Waals surface area contributed by atoms with Crippen LogP contribution < -0.4 is 0 Å². The highest BCUT2D eigenvalue weighted by atomic mass is 16.1. The van der Waals surface area contributed by atoms with Crippen molar-refractivity contribution in [3.63, 3.8) is 0 Å². The van der Waals surface area contributed by atoms with E-state index < -0.39 is 0 Å². The number of piperidine rings is 1. The number of carbonyl (C=O) groups is 1. The Balaban J connectivity index is 1.79. The summed E-state index contributed by atoms with van der Waals surface area (Å²) in [5.74, 6) is 1.11. The Morgan fingerprint density at radius 3 is 2.82 bits per heavy atom. The molecule has 1 saturated heterocycles. The fourth-order valence-corrected chi connectivity index (χ4v) is 3.44. The van der Waals surface area contributed by atoms with Crippen molar-refractivity contribution in [2.45, 2.75) is 38.8 Å². The van der Waals surface area contributed by atoms with Crippen molar-refractivity contribution in [3.05, 3.63) is 35.4 Å². The molecular weight excluding hydrogens is 210 g/mol. The molecule has 1 aliphatic carbocycles. The zero-order chi connectivity index (χ0) is 11.8. The molecule has 0 amide bonds. The monoisotopic (exact) mass is 229 g/mol. The molecule has 0 N–H and O–H groups in total. The third-order valence-corrected chi connectivity index (χ3v) is 4.29. The number of rotatable bonds is 3. The van der Waals surface area contributed by atoms with Gasteiger partial charge in [0.25, 0.3) is 0 Å². The molecule has 2 unspecified atom stereocenters. The molecule has 1 saturated carbocycles. The van der Waals surface area contributed by atoms with Crippen molar-refractivity contribution in [1.29, 1.82) is 0 Å². The molecule has 1 aromatic rings. The Kier molecular flexibility index (Phi) is 2.75. The minimum atomic E-state index is 0.185. The van der Waals surface area contributed by atoms with E-state index in [2.05, 4.69) is 11.0 Å². The van der Waals surface area contributed by atoms with Crippen molar-refractivity contribution in [1.82, 2.24) is 4.90 Å². The van der Waals surface area contributed by atoms with Gasteiger partial charge in [-0.3, -0.25) is 9.69 Å². The summed E-state index contributed by atoms with van der Waals surface area (Å²) in [5.41, 5.74) is 2.10. The normalized spacial score (nSPS) is 27.6. The van der Waals surface area contributed by atoms with E-state index in [0.717, 1.165) is 24.1 Å². The predicted octanol–water partition coefficient (Wildman–Crippen LogP) is 2.87. The van der Waals surface area contributed by atoms with Crippen LogP contribution in [0.3, 0.4) is 0 Å². The predicted molar refractivity (Wildman–Crippen MR) is 68.0 cm³/mol. The molecule has 0 aromatic heterocycles. The van der Waals surface area contributed by atoms with Gasteiger partial charge in [0.2, 0.25) is 0 Å². The van der Waals surface area contributed by atoms with Gasteiger partial charge in [-0.05, 0) is 37.7 Å². The molecule has 2 aliphatic rings. The van der Waals surface area contributed by atoms with Crippen LogP contribution in [0.15, 0.2) is 24.3 Å². The molecule has 3 rings (SSSR count). The van der Waals surface area contributed by atoms with E-state index in [1.54, 1.807) is 6.92 Å². The van der Waals surface area contributed by atoms with E-state index in [4.69, 9.17) is 0 Å².